The summed E-state index contributed by atoms with van der Waals surface area (Å²) in [6.45, 7) is 13.3. The van der Waals surface area contributed by atoms with E-state index >= 15 is 0 Å². The van der Waals surface area contributed by atoms with Gasteiger partial charge < -0.3 is 59.6 Å². The summed E-state index contributed by atoms with van der Waals surface area (Å²) in [7, 11) is 0. The van der Waals surface area contributed by atoms with Gasteiger partial charge in [-0.2, -0.15) is 18.3 Å². The molecule has 0 aliphatic carbocycles. The third-order valence-electron chi connectivity index (χ3n) is 17.8. The Morgan fingerprint density at radius 2 is 1.16 bits per heavy atom. The number of hydrogen-bond donors (Lipinski definition) is 3. The van der Waals surface area contributed by atoms with Gasteiger partial charge in [0.25, 0.3) is 5.21 Å². The molecular weight excluding hydrogens is 1140 g/mol. The Balaban J connectivity index is 0.783. The van der Waals surface area contributed by atoms with Crippen molar-refractivity contribution in [3.05, 3.63) is 120 Å². The number of rotatable bonds is 14. The number of benzene rings is 1. The van der Waals surface area contributed by atoms with Crippen molar-refractivity contribution in [2.24, 2.45) is 11.8 Å². The van der Waals surface area contributed by atoms with Crippen LogP contribution in [0.5, 0.6) is 0 Å². The van der Waals surface area contributed by atoms with Gasteiger partial charge in [0, 0.05) is 163 Å². The summed E-state index contributed by atoms with van der Waals surface area (Å²) in [4.78, 5) is 44.4. The van der Waals surface area contributed by atoms with Crippen LogP contribution < -0.4 is 49.9 Å². The van der Waals surface area contributed by atoms with E-state index in [9.17, 15) is 13.2 Å². The second-order valence-electron chi connectivity index (χ2n) is 23.9. The van der Waals surface area contributed by atoms with Crippen LogP contribution in [-0.4, -0.2) is 192 Å². The van der Waals surface area contributed by atoms with Gasteiger partial charge in [0.1, 0.15) is 34.6 Å². The van der Waals surface area contributed by atoms with E-state index in [4.69, 9.17) is 54.4 Å². The maximum absolute atomic E-state index is 13.9. The van der Waals surface area contributed by atoms with E-state index in [-0.39, 0.29) is 30.0 Å². The van der Waals surface area contributed by atoms with Crippen LogP contribution in [0.4, 0.5) is 64.9 Å². The highest BCUT2D eigenvalue weighted by Gasteiger charge is 2.41. The number of halogens is 3. The Morgan fingerprint density at radius 3 is 1.76 bits per heavy atom. The highest BCUT2D eigenvalue weighted by atomic mass is 19.4. The molecule has 0 saturated carbocycles. The quantitative estimate of drug-likeness (QED) is 0.103. The predicted molar refractivity (Wildman–Crippen MR) is 334 cm³/mol. The van der Waals surface area contributed by atoms with E-state index in [1.807, 2.05) is 61.1 Å². The Hall–Kier alpha value is -8.87. The van der Waals surface area contributed by atoms with Crippen LogP contribution in [0.15, 0.2) is 104 Å². The fourth-order valence-corrected chi connectivity index (χ4v) is 13.7. The van der Waals surface area contributed by atoms with Crippen LogP contribution >= 0.6 is 0 Å². The summed E-state index contributed by atoms with van der Waals surface area (Å²) >= 11 is 0. The van der Waals surface area contributed by atoms with Crippen LogP contribution in [0, 0.1) is 24.8 Å². The summed E-state index contributed by atoms with van der Waals surface area (Å²) < 4.78 is 61.5. The molecule has 0 amide bonds. The predicted octanol–water partition coefficient (Wildman–Crippen LogP) is 6.26. The number of piperidine rings is 3. The van der Waals surface area contributed by atoms with Gasteiger partial charge in [0.05, 0.1) is 56.7 Å². The molecule has 89 heavy (non-hydrogen) atoms. The largest absolute Gasteiger partial charge is 0.408 e. The van der Waals surface area contributed by atoms with Crippen molar-refractivity contribution in [1.29, 1.82) is 0 Å². The number of aryl methyl sites for hydroxylation is 1. The van der Waals surface area contributed by atoms with Crippen LogP contribution in [0.25, 0.3) is 21.6 Å². The topological polar surface area (TPSA) is 205 Å². The zero-order chi connectivity index (χ0) is 60.3. The molecule has 6 aliphatic rings. The summed E-state index contributed by atoms with van der Waals surface area (Å²) in [5.74, 6) is 3.00. The van der Waals surface area contributed by atoms with Gasteiger partial charge in [0.15, 0.2) is 11.2 Å². The molecule has 27 heteroatoms. The van der Waals surface area contributed by atoms with Gasteiger partial charge in [-0.05, 0) is 96.4 Å². The number of nitrogens with one attached hydrogen (secondary N) is 3. The molecule has 2 unspecified atom stereocenters. The van der Waals surface area contributed by atoms with E-state index in [1.165, 1.54) is 4.91 Å². The molecule has 6 saturated heterocycles. The highest BCUT2D eigenvalue weighted by molar-refractivity contribution is 5.77. The lowest BCUT2D eigenvalue weighted by Gasteiger charge is -2.46. The van der Waals surface area contributed by atoms with E-state index in [0.717, 1.165) is 134 Å². The first kappa shape index (κ1) is 57.8. The van der Waals surface area contributed by atoms with Gasteiger partial charge in [-0.1, -0.05) is 12.1 Å². The van der Waals surface area contributed by atoms with Crippen molar-refractivity contribution in [2.45, 2.75) is 63.5 Å². The summed E-state index contributed by atoms with van der Waals surface area (Å²) in [6, 6.07) is 27.4. The number of fused-ring (bicyclic) bond motifs is 3. The minimum absolute atomic E-state index is 0.0207. The molecule has 6 aliphatic heterocycles. The zero-order valence-corrected chi connectivity index (χ0v) is 49.9. The van der Waals surface area contributed by atoms with Gasteiger partial charge in [-0.3, -0.25) is 4.68 Å². The van der Waals surface area contributed by atoms with Crippen molar-refractivity contribution < 1.29 is 31.9 Å². The average Bonchev–Trinajstić information content (AvgIpc) is 2.05. The average molecular weight is 1220 g/mol. The minimum Gasteiger partial charge on any atom is -0.378 e. The molecule has 0 bridgehead atoms. The van der Waals surface area contributed by atoms with Crippen LogP contribution in [-0.2, 0) is 20.8 Å². The summed E-state index contributed by atoms with van der Waals surface area (Å²) in [5, 5.41) is 25.8. The molecular formula is C62H74F3N21O3+2. The number of aromatic nitrogens is 11. The Morgan fingerprint density at radius 1 is 0.596 bits per heavy atom. The van der Waals surface area contributed by atoms with Crippen LogP contribution in [0.3, 0.4) is 0 Å². The third kappa shape index (κ3) is 13.4. The van der Waals surface area contributed by atoms with Crippen molar-refractivity contribution in [3.8, 4) is 6.07 Å². The Bertz CT molecular complexity index is 3820. The molecule has 3 N–H and O–H groups in total. The first-order valence-corrected chi connectivity index (χ1v) is 31.1. The Kier molecular flexibility index (Phi) is 16.7. The lowest BCUT2D eigenvalue weighted by atomic mass is 9.77. The maximum Gasteiger partial charge on any atom is 0.408 e. The minimum atomic E-state index is -4.43. The fourth-order valence-electron chi connectivity index (χ4n) is 13.7. The van der Waals surface area contributed by atoms with E-state index in [0.29, 0.717) is 94.4 Å². The monoisotopic (exact) mass is 1220 g/mol. The lowest BCUT2D eigenvalue weighted by molar-refractivity contribution is -0.556. The van der Waals surface area contributed by atoms with Crippen molar-refractivity contribution >= 4 is 68.4 Å². The number of ether oxygens (including phenoxy) is 3. The fraction of sp³-hybridized carbons (Fsp3) is 0.484. The SMILES string of the molecule is Cc1nn(CC(F)(F)F)cc1N1CC(C2C[C@@H](Nc3cc(N4CCOCC4)ccn3)CN(c3nc4ccccc4[n+]4nn([N+]#Cc5ncccc5N5CCC[C@@H](Nc6cc(N7CCOCC7)ccn6)C5)nc34)C2)C[C@@H](Nc2cc(N3CCOCC3)ccn2)C1. The molecule has 1 aromatic carbocycles. The number of alkyl halides is 3. The van der Waals surface area contributed by atoms with Gasteiger partial charge in [-0.25, -0.2) is 24.9 Å². The number of anilines is 9. The molecule has 464 valence electrons. The standard InChI is InChI=1S/C62H74F3N21O3/c1-43-56(41-84(75-43)42-62(63,64)65)82-36-44(30-47(39-82)72-58-33-50(11-15-68-58)79-20-26-88-27-21-79)45-31-48(73-59-34-51(12-16-69-59)80-22-28-89-29-23-80)40-83(37-45)60-61-76-86(77-85(61)55-8-3-2-7-52(55)74-60)70-35-53-54(9-4-13-66-53)81-17-5-6-46(38-81)71-57-32-49(10-14-67-57)78-18-24-87-25-19-78/h2-4,7-16,32-34,41,44-48H,5-6,17-31,36-40,42H2,1H3,(H,67,71)(H,68,72)(H,69,73)/q+2/t44?,45?,46-,47-,48-/m1/s1. The number of para-hydroxylation sites is 2. The van der Waals surface area contributed by atoms with E-state index in [2.05, 4.69) is 86.8 Å². The van der Waals surface area contributed by atoms with Gasteiger partial charge in [0.2, 0.25) is 11.9 Å². The second-order valence-corrected chi connectivity index (χ2v) is 23.9. The Labute approximate surface area is 513 Å². The molecule has 13 heterocycles. The lowest BCUT2D eigenvalue weighted by Crippen LogP contribution is -2.54. The molecule has 8 aromatic rings. The number of hydrogen-bond acceptors (Lipinski definition) is 20. The highest BCUT2D eigenvalue weighted by Crippen LogP contribution is 2.38. The van der Waals surface area contributed by atoms with E-state index in [1.54, 1.807) is 23.8 Å². The maximum atomic E-state index is 13.9. The van der Waals surface area contributed by atoms with Crippen LogP contribution in [0.1, 0.15) is 37.1 Å². The van der Waals surface area contributed by atoms with Crippen molar-refractivity contribution in [3.63, 3.8) is 0 Å². The molecule has 0 radical (unpaired) electrons. The zero-order valence-electron chi connectivity index (χ0n) is 49.9. The number of pyridine rings is 4. The summed E-state index contributed by atoms with van der Waals surface area (Å²) in [5.41, 5.74) is 7.90. The molecule has 6 fully saturated rings. The molecule has 7 aromatic heterocycles. The third-order valence-corrected chi connectivity index (χ3v) is 17.8. The van der Waals surface area contributed by atoms with Crippen molar-refractivity contribution in [1.82, 2.24) is 49.9 Å². The molecule has 5 atom stereocenters. The second kappa shape index (κ2) is 25.7. The van der Waals surface area contributed by atoms with Crippen LogP contribution in [0.2, 0.25) is 0 Å². The van der Waals surface area contributed by atoms with Gasteiger partial charge >= 0.3 is 16.7 Å². The molecule has 14 rings (SSSR count). The first-order valence-electron chi connectivity index (χ1n) is 31.1. The van der Waals surface area contributed by atoms with Crippen molar-refractivity contribution in [2.75, 3.05) is 164 Å². The molecule has 24 nitrogen and oxygen atoms in total. The molecule has 0 spiro atoms. The first-order chi connectivity index (χ1) is 43.5. The summed E-state index contributed by atoms with van der Waals surface area (Å²) in [6.07, 6.45) is 7.89. The number of morpholine rings is 3. The smallest absolute Gasteiger partial charge is 0.378 e. The number of tetrazole rings is 1. The normalized spacial score (nSPS) is 22.1. The van der Waals surface area contributed by atoms with E-state index < -0.39 is 12.7 Å². The van der Waals surface area contributed by atoms with Gasteiger partial charge in [-0.15, -0.1) is 0 Å². The number of nitrogens with zero attached hydrogens (tertiary/aromatic N) is 18.